The van der Waals surface area contributed by atoms with Gasteiger partial charge in [-0.05, 0) is 37.1 Å². The summed E-state index contributed by atoms with van der Waals surface area (Å²) in [5, 5.41) is 6.33. The molecular weight excluding hydrogens is 352 g/mol. The number of likely N-dealkylation sites (N-methyl/N-ethyl adjacent to an activating group) is 1. The van der Waals surface area contributed by atoms with Crippen LogP contribution in [0.3, 0.4) is 0 Å². The largest absolute Gasteiger partial charge is 0.354 e. The number of hydrogen-bond acceptors (Lipinski definition) is 2. The quantitative estimate of drug-likeness (QED) is 0.748. The first-order chi connectivity index (χ1) is 9.69. The predicted octanol–water partition coefficient (Wildman–Crippen LogP) is 3.41. The number of carbonyl (C=O) groups excluding carboxylic acids is 1. The molecule has 0 spiro atoms. The number of halogens is 2. The van der Waals surface area contributed by atoms with Gasteiger partial charge in [-0.1, -0.05) is 47.8 Å². The molecule has 0 saturated heterocycles. The first-order valence-electron chi connectivity index (χ1n) is 7.44. The van der Waals surface area contributed by atoms with Crippen LogP contribution in [-0.2, 0) is 10.2 Å². The smallest absolute Gasteiger partial charge is 0.230 e. The van der Waals surface area contributed by atoms with Gasteiger partial charge in [0.25, 0.3) is 0 Å². The van der Waals surface area contributed by atoms with Crippen LogP contribution in [0.4, 0.5) is 0 Å². The SMILES string of the molecule is CCNCCNC(=O)C1(c2cccc(Br)c2)CCCC1.Cl. The molecule has 2 rings (SSSR count). The van der Waals surface area contributed by atoms with E-state index in [1.807, 2.05) is 12.1 Å². The lowest BCUT2D eigenvalue weighted by molar-refractivity contribution is -0.126. The van der Waals surface area contributed by atoms with Gasteiger partial charge in [-0.15, -0.1) is 12.4 Å². The van der Waals surface area contributed by atoms with Crippen molar-refractivity contribution in [1.29, 1.82) is 0 Å². The Bertz CT molecular complexity index is 461. The molecule has 118 valence electrons. The zero-order valence-corrected chi connectivity index (χ0v) is 14.9. The fourth-order valence-corrected chi connectivity index (χ4v) is 3.42. The van der Waals surface area contributed by atoms with E-state index >= 15 is 0 Å². The summed E-state index contributed by atoms with van der Waals surface area (Å²) in [6.45, 7) is 4.54. The van der Waals surface area contributed by atoms with Crippen molar-refractivity contribution in [3.8, 4) is 0 Å². The van der Waals surface area contributed by atoms with Crippen LogP contribution in [0.25, 0.3) is 0 Å². The summed E-state index contributed by atoms with van der Waals surface area (Å²) in [6, 6.07) is 8.20. The third-order valence-electron chi connectivity index (χ3n) is 4.11. The van der Waals surface area contributed by atoms with E-state index in [9.17, 15) is 4.79 Å². The van der Waals surface area contributed by atoms with Crippen LogP contribution in [0, 0.1) is 0 Å². The highest BCUT2D eigenvalue weighted by Crippen LogP contribution is 2.41. The van der Waals surface area contributed by atoms with Gasteiger partial charge in [-0.2, -0.15) is 0 Å². The van der Waals surface area contributed by atoms with Gasteiger partial charge in [0.2, 0.25) is 5.91 Å². The summed E-state index contributed by atoms with van der Waals surface area (Å²) in [7, 11) is 0. The molecule has 0 unspecified atom stereocenters. The molecule has 3 nitrogen and oxygen atoms in total. The molecule has 0 atom stereocenters. The fraction of sp³-hybridized carbons (Fsp3) is 0.562. The number of rotatable bonds is 6. The Hall–Kier alpha value is -0.580. The van der Waals surface area contributed by atoms with Gasteiger partial charge in [-0.3, -0.25) is 4.79 Å². The molecular formula is C16H24BrClN2O. The molecule has 1 fully saturated rings. The third kappa shape index (κ3) is 4.44. The molecule has 0 aromatic heterocycles. The molecule has 0 bridgehead atoms. The summed E-state index contributed by atoms with van der Waals surface area (Å²) in [4.78, 5) is 12.7. The molecule has 2 N–H and O–H groups in total. The van der Waals surface area contributed by atoms with E-state index in [1.165, 1.54) is 0 Å². The maximum Gasteiger partial charge on any atom is 0.230 e. The van der Waals surface area contributed by atoms with Gasteiger partial charge in [0, 0.05) is 17.6 Å². The average Bonchev–Trinajstić information content (AvgIpc) is 2.94. The standard InChI is InChI=1S/C16H23BrN2O.ClH/c1-2-18-10-11-19-15(20)16(8-3-4-9-16)13-6-5-7-14(17)12-13;/h5-7,12,18H,2-4,8-11H2,1H3,(H,19,20);1H. The Morgan fingerprint density at radius 1 is 1.29 bits per heavy atom. The summed E-state index contributed by atoms with van der Waals surface area (Å²) in [6.07, 6.45) is 4.17. The first-order valence-corrected chi connectivity index (χ1v) is 8.23. The summed E-state index contributed by atoms with van der Waals surface area (Å²) in [5.74, 6) is 0.186. The van der Waals surface area contributed by atoms with E-state index in [1.54, 1.807) is 0 Å². The maximum atomic E-state index is 12.7. The minimum Gasteiger partial charge on any atom is -0.354 e. The Morgan fingerprint density at radius 2 is 2.00 bits per heavy atom. The number of carbonyl (C=O) groups is 1. The highest BCUT2D eigenvalue weighted by molar-refractivity contribution is 9.10. The van der Waals surface area contributed by atoms with Crippen LogP contribution in [0.15, 0.2) is 28.7 Å². The minimum atomic E-state index is -0.323. The zero-order chi connectivity index (χ0) is 14.4. The normalized spacial score (nSPS) is 16.3. The predicted molar refractivity (Wildman–Crippen MR) is 93.1 cm³/mol. The Morgan fingerprint density at radius 3 is 2.62 bits per heavy atom. The molecule has 0 radical (unpaired) electrons. The molecule has 0 heterocycles. The van der Waals surface area contributed by atoms with E-state index < -0.39 is 0 Å². The van der Waals surface area contributed by atoms with Gasteiger partial charge >= 0.3 is 0 Å². The number of hydrogen-bond donors (Lipinski definition) is 2. The molecule has 1 amide bonds. The van der Waals surface area contributed by atoms with Crippen molar-refractivity contribution in [2.24, 2.45) is 0 Å². The van der Waals surface area contributed by atoms with E-state index in [0.717, 1.165) is 48.8 Å². The second-order valence-electron chi connectivity index (χ2n) is 5.41. The molecule has 1 aromatic carbocycles. The van der Waals surface area contributed by atoms with Crippen molar-refractivity contribution in [3.63, 3.8) is 0 Å². The van der Waals surface area contributed by atoms with Gasteiger partial charge in [0.05, 0.1) is 5.41 Å². The first kappa shape index (κ1) is 18.5. The zero-order valence-electron chi connectivity index (χ0n) is 12.5. The van der Waals surface area contributed by atoms with Crippen LogP contribution in [0.1, 0.15) is 38.2 Å². The van der Waals surface area contributed by atoms with Gasteiger partial charge in [0.15, 0.2) is 0 Å². The summed E-state index contributed by atoms with van der Waals surface area (Å²) >= 11 is 3.51. The minimum absolute atomic E-state index is 0. The van der Waals surface area contributed by atoms with Crippen LogP contribution in [0.2, 0.25) is 0 Å². The molecule has 5 heteroatoms. The maximum absolute atomic E-state index is 12.7. The molecule has 1 aromatic rings. The van der Waals surface area contributed by atoms with E-state index in [2.05, 4.69) is 45.6 Å². The van der Waals surface area contributed by atoms with E-state index in [-0.39, 0.29) is 23.7 Å². The molecule has 1 aliphatic rings. The lowest BCUT2D eigenvalue weighted by Crippen LogP contribution is -2.44. The van der Waals surface area contributed by atoms with Crippen molar-refractivity contribution < 1.29 is 4.79 Å². The second kappa shape index (κ2) is 8.76. The highest BCUT2D eigenvalue weighted by atomic mass is 79.9. The fourth-order valence-electron chi connectivity index (χ4n) is 3.02. The highest BCUT2D eigenvalue weighted by Gasteiger charge is 2.42. The summed E-state index contributed by atoms with van der Waals surface area (Å²) in [5.41, 5.74) is 0.820. The Labute approximate surface area is 141 Å². The van der Waals surface area contributed by atoms with Crippen molar-refractivity contribution in [2.75, 3.05) is 19.6 Å². The van der Waals surface area contributed by atoms with Gasteiger partial charge in [-0.25, -0.2) is 0 Å². The van der Waals surface area contributed by atoms with Crippen LogP contribution < -0.4 is 10.6 Å². The van der Waals surface area contributed by atoms with Crippen molar-refractivity contribution in [1.82, 2.24) is 10.6 Å². The molecule has 21 heavy (non-hydrogen) atoms. The second-order valence-corrected chi connectivity index (χ2v) is 6.32. The van der Waals surface area contributed by atoms with Crippen LogP contribution in [0.5, 0.6) is 0 Å². The van der Waals surface area contributed by atoms with Crippen molar-refractivity contribution in [2.45, 2.75) is 38.0 Å². The Balaban J connectivity index is 0.00000220. The van der Waals surface area contributed by atoms with Crippen molar-refractivity contribution >= 4 is 34.2 Å². The molecule has 1 aliphatic carbocycles. The van der Waals surface area contributed by atoms with Crippen molar-refractivity contribution in [3.05, 3.63) is 34.3 Å². The number of benzene rings is 1. The van der Waals surface area contributed by atoms with Crippen LogP contribution >= 0.6 is 28.3 Å². The van der Waals surface area contributed by atoms with E-state index in [0.29, 0.717) is 6.54 Å². The van der Waals surface area contributed by atoms with E-state index in [4.69, 9.17) is 0 Å². The average molecular weight is 376 g/mol. The summed E-state index contributed by atoms with van der Waals surface area (Å²) < 4.78 is 1.04. The van der Waals surface area contributed by atoms with Crippen LogP contribution in [-0.4, -0.2) is 25.5 Å². The number of amides is 1. The lowest BCUT2D eigenvalue weighted by Gasteiger charge is -2.28. The lowest BCUT2D eigenvalue weighted by atomic mass is 9.78. The van der Waals surface area contributed by atoms with Gasteiger partial charge < -0.3 is 10.6 Å². The molecule has 0 aliphatic heterocycles. The third-order valence-corrected chi connectivity index (χ3v) is 4.60. The monoisotopic (exact) mass is 374 g/mol. The van der Waals surface area contributed by atoms with Gasteiger partial charge in [0.1, 0.15) is 0 Å². The molecule has 1 saturated carbocycles. The Kier molecular flexibility index (Phi) is 7.71. The number of nitrogens with one attached hydrogen (secondary N) is 2. The topological polar surface area (TPSA) is 41.1 Å².